The zero-order valence-corrected chi connectivity index (χ0v) is 12.5. The van der Waals surface area contributed by atoms with Crippen LogP contribution in [-0.4, -0.2) is 18.0 Å². The molecule has 0 aliphatic heterocycles. The summed E-state index contributed by atoms with van der Waals surface area (Å²) in [5, 5.41) is 3.48. The van der Waals surface area contributed by atoms with Crippen molar-refractivity contribution in [2.24, 2.45) is 11.8 Å². The number of nitrogens with two attached hydrogens (primary N) is 1. The second kappa shape index (κ2) is 6.06. The van der Waals surface area contributed by atoms with Crippen LogP contribution in [0.25, 0.3) is 10.2 Å². The van der Waals surface area contributed by atoms with Gasteiger partial charge in [0.05, 0.1) is 11.8 Å². The number of aromatic nitrogens is 1. The van der Waals surface area contributed by atoms with Crippen LogP contribution in [0.5, 0.6) is 5.75 Å². The topological polar surface area (TPSA) is 89.3 Å². The summed E-state index contributed by atoms with van der Waals surface area (Å²) in [5.41, 5.74) is 3.95. The average molecular weight is 294 g/mol. The Balaban J connectivity index is 2.32. The van der Waals surface area contributed by atoms with Gasteiger partial charge >= 0.3 is 0 Å². The van der Waals surface area contributed by atoms with Gasteiger partial charge in [0.1, 0.15) is 11.3 Å². The van der Waals surface area contributed by atoms with Gasteiger partial charge in [0.15, 0.2) is 5.13 Å². The number of nitrogen functional groups attached to an aromatic ring is 1. The Labute approximate surface area is 121 Å². The number of hydrogen-bond acceptors (Lipinski definition) is 6. The second-order valence-electron chi connectivity index (χ2n) is 4.83. The maximum absolute atomic E-state index is 11.8. The van der Waals surface area contributed by atoms with Crippen LogP contribution in [0, 0.1) is 5.92 Å². The summed E-state index contributed by atoms with van der Waals surface area (Å²) in [7, 11) is 1.57. The van der Waals surface area contributed by atoms with Gasteiger partial charge in [-0.15, -0.1) is 0 Å². The fourth-order valence-electron chi connectivity index (χ4n) is 1.87. The zero-order chi connectivity index (χ0) is 14.7. The molecular weight excluding hydrogens is 276 g/mol. The van der Waals surface area contributed by atoms with Crippen molar-refractivity contribution >= 4 is 38.3 Å². The number of ether oxygens (including phenoxy) is 1. The van der Waals surface area contributed by atoms with Crippen molar-refractivity contribution in [1.29, 1.82) is 0 Å². The van der Waals surface area contributed by atoms with E-state index in [-0.39, 0.29) is 5.91 Å². The minimum absolute atomic E-state index is 0.0110. The number of hydrazine groups is 1. The smallest absolute Gasteiger partial charge is 0.224 e. The fraction of sp³-hybridized carbons (Fsp3) is 0.385. The number of benzene rings is 1. The molecule has 2 aromatic rings. The van der Waals surface area contributed by atoms with Gasteiger partial charge in [0.2, 0.25) is 5.91 Å². The van der Waals surface area contributed by atoms with E-state index in [0.29, 0.717) is 28.9 Å². The van der Waals surface area contributed by atoms with Gasteiger partial charge < -0.3 is 10.1 Å². The summed E-state index contributed by atoms with van der Waals surface area (Å²) >= 11 is 1.40. The molecule has 0 atom stereocenters. The molecule has 0 spiro atoms. The molecule has 0 bridgehead atoms. The van der Waals surface area contributed by atoms with E-state index < -0.39 is 0 Å². The highest BCUT2D eigenvalue weighted by Gasteiger charge is 2.12. The Morgan fingerprint density at radius 2 is 2.25 bits per heavy atom. The Kier molecular flexibility index (Phi) is 4.41. The van der Waals surface area contributed by atoms with Crippen molar-refractivity contribution in [3.8, 4) is 5.75 Å². The lowest BCUT2D eigenvalue weighted by Crippen LogP contribution is -2.13. The SMILES string of the molecule is COc1cc(NC(=O)CC(C)C)cc2sc(NN)nc12. The van der Waals surface area contributed by atoms with E-state index in [2.05, 4.69) is 15.7 Å². The molecule has 1 aromatic heterocycles. The minimum Gasteiger partial charge on any atom is -0.494 e. The largest absolute Gasteiger partial charge is 0.494 e. The molecule has 0 unspecified atom stereocenters. The zero-order valence-electron chi connectivity index (χ0n) is 11.7. The molecule has 20 heavy (non-hydrogen) atoms. The summed E-state index contributed by atoms with van der Waals surface area (Å²) in [4.78, 5) is 16.1. The fourth-order valence-corrected chi connectivity index (χ4v) is 2.70. The maximum Gasteiger partial charge on any atom is 0.224 e. The first kappa shape index (κ1) is 14.5. The molecule has 7 heteroatoms. The van der Waals surface area contributed by atoms with Gasteiger partial charge in [0.25, 0.3) is 0 Å². The monoisotopic (exact) mass is 294 g/mol. The molecular formula is C13H18N4O2S. The molecule has 0 saturated carbocycles. The Morgan fingerprint density at radius 3 is 2.85 bits per heavy atom. The van der Waals surface area contributed by atoms with Crippen LogP contribution in [0.15, 0.2) is 12.1 Å². The maximum atomic E-state index is 11.8. The van der Waals surface area contributed by atoms with Crippen molar-refractivity contribution in [3.63, 3.8) is 0 Å². The van der Waals surface area contributed by atoms with Crippen LogP contribution in [0.3, 0.4) is 0 Å². The van der Waals surface area contributed by atoms with Crippen LogP contribution >= 0.6 is 11.3 Å². The van der Waals surface area contributed by atoms with E-state index in [4.69, 9.17) is 10.6 Å². The molecule has 0 saturated heterocycles. The number of anilines is 2. The summed E-state index contributed by atoms with van der Waals surface area (Å²) in [5.74, 6) is 6.28. The molecule has 2 rings (SSSR count). The quantitative estimate of drug-likeness (QED) is 0.582. The van der Waals surface area contributed by atoms with Crippen LogP contribution in [0.2, 0.25) is 0 Å². The molecule has 1 heterocycles. The number of carbonyl (C=O) groups excluding carboxylic acids is 1. The first-order valence-corrected chi connectivity index (χ1v) is 7.10. The number of thiazole rings is 1. The van der Waals surface area contributed by atoms with Gasteiger partial charge in [-0.1, -0.05) is 25.2 Å². The molecule has 4 N–H and O–H groups in total. The third kappa shape index (κ3) is 3.17. The van der Waals surface area contributed by atoms with Crippen molar-refractivity contribution in [2.45, 2.75) is 20.3 Å². The highest BCUT2D eigenvalue weighted by molar-refractivity contribution is 7.22. The normalized spacial score (nSPS) is 10.8. The standard InChI is InChI=1S/C13H18N4O2S/c1-7(2)4-11(18)15-8-5-9(19-3)12-10(6-8)20-13(16-12)17-14/h5-7H,4,14H2,1-3H3,(H,15,18)(H,16,17). The number of nitrogens with one attached hydrogen (secondary N) is 2. The Morgan fingerprint density at radius 1 is 1.50 bits per heavy atom. The Bertz CT molecular complexity index is 624. The lowest BCUT2D eigenvalue weighted by molar-refractivity contribution is -0.116. The number of hydrogen-bond donors (Lipinski definition) is 3. The summed E-state index contributed by atoms with van der Waals surface area (Å²) < 4.78 is 6.21. The minimum atomic E-state index is -0.0110. The first-order valence-electron chi connectivity index (χ1n) is 6.28. The molecule has 1 aromatic carbocycles. The van der Waals surface area contributed by atoms with Gasteiger partial charge in [-0.3, -0.25) is 10.2 Å². The number of methoxy groups -OCH3 is 1. The van der Waals surface area contributed by atoms with Gasteiger partial charge in [-0.25, -0.2) is 10.8 Å². The third-order valence-electron chi connectivity index (χ3n) is 2.68. The van der Waals surface area contributed by atoms with Crippen LogP contribution in [0.4, 0.5) is 10.8 Å². The number of rotatable bonds is 5. The van der Waals surface area contributed by atoms with E-state index in [1.165, 1.54) is 11.3 Å². The summed E-state index contributed by atoms with van der Waals surface area (Å²) in [6.07, 6.45) is 0.485. The first-order chi connectivity index (χ1) is 9.53. The van der Waals surface area contributed by atoms with Gasteiger partial charge in [-0.05, 0) is 12.0 Å². The second-order valence-corrected chi connectivity index (χ2v) is 5.87. The molecule has 1 amide bonds. The van der Waals surface area contributed by atoms with Crippen LogP contribution in [-0.2, 0) is 4.79 Å². The Hall–Kier alpha value is -1.86. The highest BCUT2D eigenvalue weighted by Crippen LogP contribution is 2.35. The molecule has 0 radical (unpaired) electrons. The lowest BCUT2D eigenvalue weighted by atomic mass is 10.1. The van der Waals surface area contributed by atoms with Crippen LogP contribution < -0.4 is 21.3 Å². The average Bonchev–Trinajstić information content (AvgIpc) is 2.79. The van der Waals surface area contributed by atoms with E-state index in [9.17, 15) is 4.79 Å². The predicted octanol–water partition coefficient (Wildman–Crippen LogP) is 2.58. The van der Waals surface area contributed by atoms with E-state index >= 15 is 0 Å². The summed E-state index contributed by atoms with van der Waals surface area (Å²) in [6, 6.07) is 3.63. The molecule has 0 aliphatic carbocycles. The molecule has 6 nitrogen and oxygen atoms in total. The van der Waals surface area contributed by atoms with Gasteiger partial charge in [0, 0.05) is 18.2 Å². The van der Waals surface area contributed by atoms with Crippen molar-refractivity contribution in [3.05, 3.63) is 12.1 Å². The molecule has 0 aliphatic rings. The highest BCUT2D eigenvalue weighted by atomic mass is 32.1. The van der Waals surface area contributed by atoms with Crippen molar-refractivity contribution < 1.29 is 9.53 Å². The van der Waals surface area contributed by atoms with E-state index in [1.54, 1.807) is 13.2 Å². The number of nitrogens with zero attached hydrogens (tertiary/aromatic N) is 1. The van der Waals surface area contributed by atoms with E-state index in [0.717, 1.165) is 10.2 Å². The molecule has 0 fully saturated rings. The van der Waals surface area contributed by atoms with Crippen LogP contribution in [0.1, 0.15) is 20.3 Å². The predicted molar refractivity (Wildman–Crippen MR) is 82.1 cm³/mol. The van der Waals surface area contributed by atoms with E-state index in [1.807, 2.05) is 19.9 Å². The number of fused-ring (bicyclic) bond motifs is 1. The summed E-state index contributed by atoms with van der Waals surface area (Å²) in [6.45, 7) is 4.01. The van der Waals surface area contributed by atoms with Crippen molar-refractivity contribution in [2.75, 3.05) is 17.9 Å². The lowest BCUT2D eigenvalue weighted by Gasteiger charge is -2.09. The number of carbonyl (C=O) groups is 1. The van der Waals surface area contributed by atoms with Crippen molar-refractivity contribution in [1.82, 2.24) is 4.98 Å². The molecule has 108 valence electrons. The third-order valence-corrected chi connectivity index (χ3v) is 3.61. The van der Waals surface area contributed by atoms with Gasteiger partial charge in [-0.2, -0.15) is 0 Å². The number of amides is 1.